The van der Waals surface area contributed by atoms with E-state index < -0.39 is 15.7 Å². The van der Waals surface area contributed by atoms with Crippen molar-refractivity contribution in [1.29, 1.82) is 0 Å². The monoisotopic (exact) mass is 375 g/mol. The number of rotatable bonds is 7. The van der Waals surface area contributed by atoms with E-state index in [0.717, 1.165) is 6.42 Å². The second-order valence-corrected chi connectivity index (χ2v) is 7.75. The zero-order valence-electron chi connectivity index (χ0n) is 14.3. The van der Waals surface area contributed by atoms with Crippen LogP contribution in [-0.4, -0.2) is 44.1 Å². The number of hydrogen-bond acceptors (Lipinski definition) is 8. The van der Waals surface area contributed by atoms with Crippen molar-refractivity contribution in [3.63, 3.8) is 0 Å². The lowest BCUT2D eigenvalue weighted by Gasteiger charge is -2.14. The van der Waals surface area contributed by atoms with Crippen LogP contribution in [0.15, 0.2) is 48.5 Å². The van der Waals surface area contributed by atoms with Crippen LogP contribution in [-0.2, 0) is 14.6 Å². The van der Waals surface area contributed by atoms with Crippen LogP contribution in [0.25, 0.3) is 0 Å². The highest BCUT2D eigenvalue weighted by atomic mass is 32.2. The summed E-state index contributed by atoms with van der Waals surface area (Å²) < 4.78 is 30.5. The molecule has 0 fully saturated rings. The molecular weight excluding hydrogens is 358 g/mol. The van der Waals surface area contributed by atoms with Crippen molar-refractivity contribution in [3.8, 4) is 5.75 Å². The summed E-state index contributed by atoms with van der Waals surface area (Å²) in [4.78, 5) is 20.3. The van der Waals surface area contributed by atoms with Crippen molar-refractivity contribution >= 4 is 33.1 Å². The first-order valence-electron chi connectivity index (χ1n) is 8.17. The fourth-order valence-corrected chi connectivity index (χ4v) is 3.76. The standard InChI is InChI=1S/C16H17N5O4S/c1-3-7-25-12-6-5-10(26(23,24)8-4-2)9-11(12)14-17-15-13(16(22)18-14)19-21-20-15/h5-6,9H,3-4,7-8H2,1-2H3. The molecule has 3 rings (SSSR count). The Morgan fingerprint density at radius 2 is 1.88 bits per heavy atom. The van der Waals surface area contributed by atoms with E-state index >= 15 is 0 Å². The van der Waals surface area contributed by atoms with Crippen LogP contribution < -0.4 is 4.74 Å². The minimum Gasteiger partial charge on any atom is -0.493 e. The summed E-state index contributed by atoms with van der Waals surface area (Å²) in [7, 11) is -3.45. The predicted molar refractivity (Wildman–Crippen MR) is 95.8 cm³/mol. The summed E-state index contributed by atoms with van der Waals surface area (Å²) in [6, 6.07) is 4.47. The molecule has 0 spiro atoms. The van der Waals surface area contributed by atoms with Gasteiger partial charge in [-0.3, -0.25) is 4.79 Å². The van der Waals surface area contributed by atoms with E-state index in [-0.39, 0.29) is 28.0 Å². The van der Waals surface area contributed by atoms with Crippen LogP contribution in [0.4, 0.5) is 0 Å². The minimum atomic E-state index is -3.45. The Morgan fingerprint density at radius 1 is 1.08 bits per heavy atom. The fourth-order valence-electron chi connectivity index (χ4n) is 2.41. The molecule has 1 aromatic carbocycles. The van der Waals surface area contributed by atoms with Crippen molar-refractivity contribution in [2.24, 2.45) is 25.4 Å². The number of benzene rings is 1. The van der Waals surface area contributed by atoms with Gasteiger partial charge in [-0.1, -0.05) is 13.8 Å². The maximum atomic E-state index is 12.4. The SMILES string of the molecule is CCCOc1ccc(S(=O)(=O)CCC)cc1C1=NC(=O)C2=NN=NC2=N1. The Morgan fingerprint density at radius 3 is 2.62 bits per heavy atom. The Balaban J connectivity index is 2.10. The summed E-state index contributed by atoms with van der Waals surface area (Å²) in [5, 5.41) is 10.7. The number of amidine groups is 2. The first-order chi connectivity index (χ1) is 12.5. The van der Waals surface area contributed by atoms with Gasteiger partial charge in [0, 0.05) is 0 Å². The third-order valence-electron chi connectivity index (χ3n) is 3.60. The van der Waals surface area contributed by atoms with E-state index in [1.807, 2.05) is 6.92 Å². The second-order valence-electron chi connectivity index (χ2n) is 5.64. The summed E-state index contributed by atoms with van der Waals surface area (Å²) in [5.74, 6) is -0.119. The van der Waals surface area contributed by atoms with Crippen LogP contribution in [0, 0.1) is 0 Å². The molecule has 2 heterocycles. The predicted octanol–water partition coefficient (Wildman–Crippen LogP) is 2.17. The molecule has 0 saturated heterocycles. The molecule has 2 aliphatic heterocycles. The lowest BCUT2D eigenvalue weighted by atomic mass is 10.1. The van der Waals surface area contributed by atoms with Crippen LogP contribution in [0.3, 0.4) is 0 Å². The Bertz CT molecular complexity index is 976. The summed E-state index contributed by atoms with van der Waals surface area (Å²) in [6.07, 6.45) is 1.26. The van der Waals surface area contributed by atoms with Gasteiger partial charge in [0.25, 0.3) is 0 Å². The van der Waals surface area contributed by atoms with Gasteiger partial charge in [0.2, 0.25) is 11.5 Å². The van der Waals surface area contributed by atoms with Crippen molar-refractivity contribution in [1.82, 2.24) is 0 Å². The summed E-state index contributed by atoms with van der Waals surface area (Å²) in [5.41, 5.74) is 0.289. The van der Waals surface area contributed by atoms with E-state index in [4.69, 9.17) is 4.74 Å². The minimum absolute atomic E-state index is 0.0204. The molecule has 0 radical (unpaired) electrons. The third kappa shape index (κ3) is 3.45. The van der Waals surface area contributed by atoms with Crippen molar-refractivity contribution < 1.29 is 17.9 Å². The third-order valence-corrected chi connectivity index (χ3v) is 5.52. The summed E-state index contributed by atoms with van der Waals surface area (Å²) >= 11 is 0. The Labute approximate surface area is 150 Å². The molecule has 1 aromatic rings. The molecule has 136 valence electrons. The van der Waals surface area contributed by atoms with Crippen molar-refractivity contribution in [2.75, 3.05) is 12.4 Å². The van der Waals surface area contributed by atoms with Gasteiger partial charge in [-0.25, -0.2) is 13.4 Å². The molecular formula is C16H17N5O4S. The normalized spacial score (nSPS) is 16.1. The maximum absolute atomic E-state index is 12.4. The average molecular weight is 375 g/mol. The number of ether oxygens (including phenoxy) is 1. The molecule has 10 heteroatoms. The largest absolute Gasteiger partial charge is 0.493 e. The average Bonchev–Trinajstić information content (AvgIpc) is 3.09. The molecule has 0 unspecified atom stereocenters. The number of hydrogen-bond donors (Lipinski definition) is 0. The smallest absolute Gasteiger partial charge is 0.303 e. The summed E-state index contributed by atoms with van der Waals surface area (Å²) in [6.45, 7) is 4.17. The van der Waals surface area contributed by atoms with E-state index in [1.54, 1.807) is 13.0 Å². The van der Waals surface area contributed by atoms with Gasteiger partial charge in [-0.15, -0.1) is 10.2 Å². The van der Waals surface area contributed by atoms with E-state index in [1.165, 1.54) is 12.1 Å². The highest BCUT2D eigenvalue weighted by Crippen LogP contribution is 2.27. The maximum Gasteiger partial charge on any atom is 0.303 e. The zero-order chi connectivity index (χ0) is 18.7. The number of carbonyl (C=O) groups excluding carboxylic acids is 1. The van der Waals surface area contributed by atoms with Gasteiger partial charge in [-0.2, -0.15) is 4.99 Å². The first-order valence-corrected chi connectivity index (χ1v) is 9.82. The Hall–Kier alpha value is -2.75. The van der Waals surface area contributed by atoms with Crippen LogP contribution in [0.2, 0.25) is 0 Å². The molecule has 9 nitrogen and oxygen atoms in total. The molecule has 0 saturated carbocycles. The van der Waals surface area contributed by atoms with Gasteiger partial charge in [-0.05, 0) is 36.3 Å². The Kier molecular flexibility index (Phi) is 5.03. The zero-order valence-corrected chi connectivity index (χ0v) is 15.2. The van der Waals surface area contributed by atoms with Gasteiger partial charge in [0.1, 0.15) is 5.75 Å². The number of aliphatic imine (C=N–C) groups is 2. The highest BCUT2D eigenvalue weighted by Gasteiger charge is 2.29. The van der Waals surface area contributed by atoms with Crippen molar-refractivity contribution in [3.05, 3.63) is 23.8 Å². The lowest BCUT2D eigenvalue weighted by molar-refractivity contribution is -0.111. The van der Waals surface area contributed by atoms with Crippen LogP contribution in [0.5, 0.6) is 5.75 Å². The van der Waals surface area contributed by atoms with Gasteiger partial charge >= 0.3 is 5.91 Å². The molecule has 1 amide bonds. The van der Waals surface area contributed by atoms with Crippen LogP contribution >= 0.6 is 0 Å². The van der Waals surface area contributed by atoms with Gasteiger partial charge in [0.15, 0.2) is 15.7 Å². The molecule has 26 heavy (non-hydrogen) atoms. The highest BCUT2D eigenvalue weighted by molar-refractivity contribution is 7.91. The molecule has 0 atom stereocenters. The molecule has 0 aliphatic carbocycles. The van der Waals surface area contributed by atoms with Gasteiger partial charge < -0.3 is 4.74 Å². The number of fused-ring (bicyclic) bond motifs is 1. The van der Waals surface area contributed by atoms with E-state index in [0.29, 0.717) is 24.3 Å². The number of sulfone groups is 1. The molecule has 2 aliphatic rings. The molecule has 0 N–H and O–H groups in total. The molecule has 0 aromatic heterocycles. The van der Waals surface area contributed by atoms with E-state index in [9.17, 15) is 13.2 Å². The number of amides is 1. The quantitative estimate of drug-likeness (QED) is 0.724. The fraction of sp³-hybridized carbons (Fsp3) is 0.375. The van der Waals surface area contributed by atoms with Crippen molar-refractivity contribution in [2.45, 2.75) is 31.6 Å². The number of nitrogens with zero attached hydrogens (tertiary/aromatic N) is 5. The van der Waals surface area contributed by atoms with Crippen LogP contribution in [0.1, 0.15) is 32.3 Å². The second kappa shape index (κ2) is 7.24. The van der Waals surface area contributed by atoms with E-state index in [2.05, 4.69) is 25.4 Å². The number of carbonyl (C=O) groups is 1. The van der Waals surface area contributed by atoms with Gasteiger partial charge in [0.05, 0.1) is 22.8 Å². The molecule has 0 bridgehead atoms. The first kappa shape index (κ1) is 18.1. The topological polar surface area (TPSA) is 122 Å². The lowest BCUT2D eigenvalue weighted by Crippen LogP contribution is -2.26.